The van der Waals surface area contributed by atoms with Crippen LogP contribution in [0.3, 0.4) is 0 Å². The van der Waals surface area contributed by atoms with Crippen LogP contribution in [0.25, 0.3) is 0 Å². The van der Waals surface area contributed by atoms with Crippen LogP contribution in [-0.4, -0.2) is 0 Å². The van der Waals surface area contributed by atoms with E-state index in [2.05, 4.69) is 69.2 Å². The van der Waals surface area contributed by atoms with E-state index in [1.165, 1.54) is 44.9 Å². The number of hydrogen-bond donors (Lipinski definition) is 0. The van der Waals surface area contributed by atoms with Gasteiger partial charge in [0.25, 0.3) is 0 Å². The first kappa shape index (κ1) is 37.9. The van der Waals surface area contributed by atoms with E-state index >= 15 is 0 Å². The standard InChI is InChI=1S/C51H88/c1-11-49(9,12-2)35-29-36(50(10,13-3)14-4)31-51(30-35)43-26-25-42-44(40-24-23-33-19-15-16-21-38(33)46(40)48(42,7)8)45(43)41-28-34(27-32(5)6)37-20-17-18-22-39(37)47(41)51/h32-47H,11-31H2,1-10H3. The molecule has 0 heterocycles. The molecule has 0 aliphatic heterocycles. The van der Waals surface area contributed by atoms with E-state index in [1.807, 2.05) is 0 Å². The molecule has 51 heavy (non-hydrogen) atoms. The van der Waals surface area contributed by atoms with Gasteiger partial charge < -0.3 is 0 Å². The van der Waals surface area contributed by atoms with Gasteiger partial charge in [0.05, 0.1) is 0 Å². The van der Waals surface area contributed by atoms with Gasteiger partial charge in [-0.25, -0.2) is 0 Å². The average molecular weight is 701 g/mol. The Labute approximate surface area is 319 Å². The van der Waals surface area contributed by atoms with Gasteiger partial charge in [0.1, 0.15) is 0 Å². The van der Waals surface area contributed by atoms with Gasteiger partial charge in [0.2, 0.25) is 0 Å². The first-order chi connectivity index (χ1) is 24.4. The smallest absolute Gasteiger partial charge is 0.0227 e. The highest BCUT2D eigenvalue weighted by molar-refractivity contribution is 5.21. The Hall–Kier alpha value is 0. The zero-order valence-electron chi connectivity index (χ0n) is 36.1. The topological polar surface area (TPSA) is 0 Å². The molecule has 0 aromatic rings. The molecule has 0 heteroatoms. The molecule has 1 spiro atoms. The second kappa shape index (κ2) is 13.9. The minimum absolute atomic E-state index is 0.513. The molecule has 0 radical (unpaired) electrons. The summed E-state index contributed by atoms with van der Waals surface area (Å²) in [6.45, 7) is 26.8. The van der Waals surface area contributed by atoms with Gasteiger partial charge in [-0.15, -0.1) is 0 Å². The molecule has 0 aromatic heterocycles. The summed E-state index contributed by atoms with van der Waals surface area (Å²) < 4.78 is 0. The fourth-order valence-corrected chi connectivity index (χ4v) is 19.1. The summed E-state index contributed by atoms with van der Waals surface area (Å²) in [5, 5.41) is 0. The SMILES string of the molecule is CCC(C)(CC)C1CC(C(C)(CC)CC)CC2(C1)C1CCC3C(C4CCC5CCCCC5C4C3(C)C)C1C1CC(CC(C)C)C3CCCCC3C12. The lowest BCUT2D eigenvalue weighted by atomic mass is 9.44. The molecular weight excluding hydrogens is 613 g/mol. The maximum atomic E-state index is 2.86. The van der Waals surface area contributed by atoms with Crippen LogP contribution >= 0.6 is 0 Å². The highest BCUT2D eigenvalue weighted by Crippen LogP contribution is 2.79. The van der Waals surface area contributed by atoms with Crippen molar-refractivity contribution in [2.75, 3.05) is 0 Å². The van der Waals surface area contributed by atoms with Crippen molar-refractivity contribution in [3.05, 3.63) is 0 Å². The summed E-state index contributed by atoms with van der Waals surface area (Å²) in [4.78, 5) is 0. The summed E-state index contributed by atoms with van der Waals surface area (Å²) >= 11 is 0. The molecule has 0 bridgehead atoms. The number of fused-ring (bicyclic) bond motifs is 13. The van der Waals surface area contributed by atoms with Crippen LogP contribution in [0, 0.1) is 116 Å². The van der Waals surface area contributed by atoms with E-state index in [-0.39, 0.29) is 0 Å². The Morgan fingerprint density at radius 1 is 0.549 bits per heavy atom. The quantitative estimate of drug-likeness (QED) is 0.236. The van der Waals surface area contributed by atoms with Gasteiger partial charge >= 0.3 is 0 Å². The van der Waals surface area contributed by atoms with Crippen molar-refractivity contribution >= 4 is 0 Å². The summed E-state index contributed by atoms with van der Waals surface area (Å²) in [6, 6.07) is 0. The van der Waals surface area contributed by atoms with Crippen LogP contribution in [0.5, 0.6) is 0 Å². The molecule has 15 atom stereocenters. The third-order valence-corrected chi connectivity index (χ3v) is 21.9. The van der Waals surface area contributed by atoms with Crippen molar-refractivity contribution in [2.45, 2.75) is 204 Å². The predicted octanol–water partition coefficient (Wildman–Crippen LogP) is 15.3. The van der Waals surface area contributed by atoms with Crippen LogP contribution < -0.4 is 0 Å². The van der Waals surface area contributed by atoms with Crippen molar-refractivity contribution in [2.24, 2.45) is 116 Å². The minimum atomic E-state index is 0.513. The predicted molar refractivity (Wildman–Crippen MR) is 219 cm³/mol. The van der Waals surface area contributed by atoms with E-state index in [1.54, 1.807) is 89.9 Å². The first-order valence-corrected chi connectivity index (χ1v) is 24.4. The Bertz CT molecular complexity index is 1170. The highest BCUT2D eigenvalue weighted by Gasteiger charge is 2.73. The Morgan fingerprint density at radius 2 is 1.10 bits per heavy atom. The maximum absolute atomic E-state index is 2.86. The van der Waals surface area contributed by atoms with Gasteiger partial charge in [-0.05, 0) is 193 Å². The molecular formula is C51H88. The van der Waals surface area contributed by atoms with Crippen molar-refractivity contribution < 1.29 is 0 Å². The van der Waals surface area contributed by atoms with Crippen LogP contribution in [-0.2, 0) is 0 Å². The monoisotopic (exact) mass is 701 g/mol. The zero-order chi connectivity index (χ0) is 36.1. The van der Waals surface area contributed by atoms with E-state index in [4.69, 9.17) is 0 Å². The lowest BCUT2D eigenvalue weighted by molar-refractivity contribution is -0.116. The second-order valence-electron chi connectivity index (χ2n) is 23.7. The molecule has 292 valence electrons. The van der Waals surface area contributed by atoms with Gasteiger partial charge in [0.15, 0.2) is 0 Å². The second-order valence-corrected chi connectivity index (χ2v) is 23.7. The van der Waals surface area contributed by atoms with Crippen molar-refractivity contribution in [3.63, 3.8) is 0 Å². The summed E-state index contributed by atoms with van der Waals surface area (Å²) in [7, 11) is 0. The highest BCUT2D eigenvalue weighted by atomic mass is 14.8. The van der Waals surface area contributed by atoms with Gasteiger partial charge in [0, 0.05) is 0 Å². The average Bonchev–Trinajstić information content (AvgIpc) is 3.54. The van der Waals surface area contributed by atoms with Gasteiger partial charge in [-0.1, -0.05) is 127 Å². The first-order valence-electron chi connectivity index (χ1n) is 24.4. The summed E-state index contributed by atoms with van der Waals surface area (Å²) in [6.07, 6.45) is 32.5. The molecule has 8 saturated carbocycles. The maximum Gasteiger partial charge on any atom is -0.0227 e. The lowest BCUT2D eigenvalue weighted by Gasteiger charge is -2.61. The molecule has 0 amide bonds. The normalized spacial score (nSPS) is 49.1. The van der Waals surface area contributed by atoms with E-state index < -0.39 is 0 Å². The molecule has 0 aromatic carbocycles. The van der Waals surface area contributed by atoms with Gasteiger partial charge in [-0.2, -0.15) is 0 Å². The molecule has 8 fully saturated rings. The molecule has 8 aliphatic rings. The lowest BCUT2D eigenvalue weighted by Crippen LogP contribution is -2.53. The van der Waals surface area contributed by atoms with E-state index in [9.17, 15) is 0 Å². The van der Waals surface area contributed by atoms with Crippen LogP contribution in [0.4, 0.5) is 0 Å². The molecule has 0 nitrogen and oxygen atoms in total. The minimum Gasteiger partial charge on any atom is -0.0649 e. The van der Waals surface area contributed by atoms with Crippen molar-refractivity contribution in [1.29, 1.82) is 0 Å². The number of rotatable bonds is 8. The van der Waals surface area contributed by atoms with Crippen LogP contribution in [0.2, 0.25) is 0 Å². The van der Waals surface area contributed by atoms with Gasteiger partial charge in [-0.3, -0.25) is 0 Å². The molecule has 8 rings (SSSR count). The molecule has 0 saturated heterocycles. The molecule has 15 unspecified atom stereocenters. The fraction of sp³-hybridized carbons (Fsp3) is 1.00. The third-order valence-electron chi connectivity index (χ3n) is 21.9. The van der Waals surface area contributed by atoms with E-state index in [0.717, 1.165) is 94.7 Å². The summed E-state index contributed by atoms with van der Waals surface area (Å²) in [5.74, 6) is 16.4. The third kappa shape index (κ3) is 5.71. The Morgan fingerprint density at radius 3 is 1.71 bits per heavy atom. The van der Waals surface area contributed by atoms with E-state index in [0.29, 0.717) is 21.7 Å². The zero-order valence-corrected chi connectivity index (χ0v) is 36.1. The summed E-state index contributed by atoms with van der Waals surface area (Å²) in [5.41, 5.74) is 2.21. The van der Waals surface area contributed by atoms with Crippen LogP contribution in [0.1, 0.15) is 204 Å². The van der Waals surface area contributed by atoms with Crippen molar-refractivity contribution in [1.82, 2.24) is 0 Å². The number of hydrogen-bond acceptors (Lipinski definition) is 0. The molecule has 0 N–H and O–H groups in total. The van der Waals surface area contributed by atoms with Crippen LogP contribution in [0.15, 0.2) is 0 Å². The molecule has 8 aliphatic carbocycles. The largest absolute Gasteiger partial charge is 0.0649 e. The fourth-order valence-electron chi connectivity index (χ4n) is 19.1. The Balaban J connectivity index is 1.28. The Kier molecular flexibility index (Phi) is 10.3. The van der Waals surface area contributed by atoms with Crippen molar-refractivity contribution in [3.8, 4) is 0 Å².